The highest BCUT2D eigenvalue weighted by Gasteiger charge is 2.25. The van der Waals surface area contributed by atoms with E-state index in [4.69, 9.17) is 9.84 Å². The minimum Gasteiger partial charge on any atom is -0.480 e. The minimum atomic E-state index is -0.989. The minimum absolute atomic E-state index is 0.0163. The first-order valence-corrected chi connectivity index (χ1v) is 6.24. The molecule has 1 N–H and O–H groups in total. The van der Waals surface area contributed by atoms with Crippen molar-refractivity contribution in [2.75, 3.05) is 24.6 Å². The molecule has 8 nitrogen and oxygen atoms in total. The fourth-order valence-electron chi connectivity index (χ4n) is 2.24. The van der Waals surface area contributed by atoms with Crippen molar-refractivity contribution in [3.8, 4) is 0 Å². The van der Waals surface area contributed by atoms with Gasteiger partial charge in [0, 0.05) is 19.3 Å². The number of carboxylic acid groups (broad SMARTS) is 1. The van der Waals surface area contributed by atoms with Gasteiger partial charge in [0.05, 0.1) is 11.0 Å². The number of rotatable bonds is 5. The third-order valence-electron chi connectivity index (χ3n) is 3.20. The number of hydrogen-bond donors (Lipinski definition) is 1. The number of piperidine rings is 1. The Morgan fingerprint density at radius 1 is 1.55 bits per heavy atom. The molecule has 1 aliphatic rings. The standard InChI is InChI=1S/C12H15N3O5/c16-12(17)8-20-9-2-5-14(6-3-9)10-1-4-13-7-11(10)15(18)19/h1,4,7,9H,2-3,5-6,8H2,(H,16,17). The molecule has 0 unspecified atom stereocenters. The first-order chi connectivity index (χ1) is 9.58. The first-order valence-electron chi connectivity index (χ1n) is 6.24. The second kappa shape index (κ2) is 6.29. The van der Waals surface area contributed by atoms with E-state index in [1.54, 1.807) is 6.07 Å². The summed E-state index contributed by atoms with van der Waals surface area (Å²) < 4.78 is 5.23. The number of ether oxygens (including phenoxy) is 1. The van der Waals surface area contributed by atoms with Gasteiger partial charge in [0.25, 0.3) is 0 Å². The van der Waals surface area contributed by atoms with Gasteiger partial charge in [-0.3, -0.25) is 15.1 Å². The molecule has 1 aromatic heterocycles. The van der Waals surface area contributed by atoms with Crippen LogP contribution in [0.15, 0.2) is 18.5 Å². The van der Waals surface area contributed by atoms with E-state index in [0.717, 1.165) is 0 Å². The maximum Gasteiger partial charge on any atom is 0.329 e. The van der Waals surface area contributed by atoms with Crippen LogP contribution >= 0.6 is 0 Å². The van der Waals surface area contributed by atoms with E-state index in [9.17, 15) is 14.9 Å². The molecule has 1 aromatic rings. The van der Waals surface area contributed by atoms with Gasteiger partial charge in [-0.05, 0) is 18.9 Å². The summed E-state index contributed by atoms with van der Waals surface area (Å²) in [7, 11) is 0. The predicted molar refractivity (Wildman–Crippen MR) is 69.7 cm³/mol. The van der Waals surface area contributed by atoms with Gasteiger partial charge in [-0.25, -0.2) is 4.79 Å². The zero-order chi connectivity index (χ0) is 14.5. The van der Waals surface area contributed by atoms with Crippen molar-refractivity contribution >= 4 is 17.3 Å². The Balaban J connectivity index is 1.97. The Morgan fingerprint density at radius 2 is 2.25 bits per heavy atom. The van der Waals surface area contributed by atoms with Gasteiger partial charge >= 0.3 is 11.7 Å². The van der Waals surface area contributed by atoms with Crippen molar-refractivity contribution < 1.29 is 19.6 Å². The van der Waals surface area contributed by atoms with Gasteiger partial charge in [-0.2, -0.15) is 0 Å². The number of pyridine rings is 1. The Labute approximate surface area is 115 Å². The molecule has 1 aliphatic heterocycles. The second-order valence-electron chi connectivity index (χ2n) is 4.51. The summed E-state index contributed by atoms with van der Waals surface area (Å²) in [5.74, 6) is -0.989. The van der Waals surface area contributed by atoms with Crippen molar-refractivity contribution in [2.24, 2.45) is 0 Å². The maximum atomic E-state index is 11.0. The van der Waals surface area contributed by atoms with E-state index in [1.807, 2.05) is 4.90 Å². The molecule has 0 radical (unpaired) electrons. The van der Waals surface area contributed by atoms with Gasteiger partial charge in [0.1, 0.15) is 18.5 Å². The fourth-order valence-corrected chi connectivity index (χ4v) is 2.24. The number of hydrogen-bond acceptors (Lipinski definition) is 6. The largest absolute Gasteiger partial charge is 0.480 e. The first kappa shape index (κ1) is 14.2. The van der Waals surface area contributed by atoms with Crippen LogP contribution in [0.25, 0.3) is 0 Å². The van der Waals surface area contributed by atoms with Gasteiger partial charge in [-0.15, -0.1) is 0 Å². The van der Waals surface area contributed by atoms with Crippen LogP contribution in [-0.4, -0.2) is 46.8 Å². The Bertz CT molecular complexity index is 500. The van der Waals surface area contributed by atoms with E-state index in [-0.39, 0.29) is 18.4 Å². The fraction of sp³-hybridized carbons (Fsp3) is 0.500. The smallest absolute Gasteiger partial charge is 0.329 e. The molecule has 8 heteroatoms. The molecule has 0 amide bonds. The highest BCUT2D eigenvalue weighted by molar-refractivity contribution is 5.68. The molecule has 1 saturated heterocycles. The lowest BCUT2D eigenvalue weighted by molar-refractivity contribution is -0.384. The Hall–Kier alpha value is -2.22. The summed E-state index contributed by atoms with van der Waals surface area (Å²) in [5.41, 5.74) is 0.527. The van der Waals surface area contributed by atoms with Crippen LogP contribution in [0.2, 0.25) is 0 Å². The average Bonchev–Trinajstić information content (AvgIpc) is 2.45. The van der Waals surface area contributed by atoms with Crippen LogP contribution in [0.1, 0.15) is 12.8 Å². The highest BCUT2D eigenvalue weighted by atomic mass is 16.6. The van der Waals surface area contributed by atoms with Crippen molar-refractivity contribution in [3.05, 3.63) is 28.6 Å². The molecule has 0 aromatic carbocycles. The molecule has 20 heavy (non-hydrogen) atoms. The third-order valence-corrected chi connectivity index (χ3v) is 3.20. The van der Waals surface area contributed by atoms with Gasteiger partial charge in [0.2, 0.25) is 0 Å². The lowest BCUT2D eigenvalue weighted by Gasteiger charge is -2.32. The van der Waals surface area contributed by atoms with Gasteiger partial charge in [-0.1, -0.05) is 0 Å². The number of carbonyl (C=O) groups is 1. The summed E-state index contributed by atoms with van der Waals surface area (Å²) in [4.78, 5) is 26.6. The number of nitro groups is 1. The SMILES string of the molecule is O=C(O)COC1CCN(c2ccncc2[N+](=O)[O-])CC1. The molecule has 1 fully saturated rings. The van der Waals surface area contributed by atoms with Crippen LogP contribution in [0.3, 0.4) is 0 Å². The summed E-state index contributed by atoms with van der Waals surface area (Å²) in [6, 6.07) is 1.62. The summed E-state index contributed by atoms with van der Waals surface area (Å²) in [5, 5.41) is 19.5. The second-order valence-corrected chi connectivity index (χ2v) is 4.51. The van der Waals surface area contributed by atoms with Crippen molar-refractivity contribution in [1.29, 1.82) is 0 Å². The molecular weight excluding hydrogens is 266 g/mol. The number of aliphatic carboxylic acids is 1. The maximum absolute atomic E-state index is 11.0. The summed E-state index contributed by atoms with van der Waals surface area (Å²) >= 11 is 0. The topological polar surface area (TPSA) is 106 Å². The lowest BCUT2D eigenvalue weighted by Crippen LogP contribution is -2.38. The van der Waals surface area contributed by atoms with E-state index in [2.05, 4.69) is 4.98 Å². The number of carboxylic acids is 1. The van der Waals surface area contributed by atoms with Gasteiger partial charge < -0.3 is 14.7 Å². The third kappa shape index (κ3) is 3.41. The molecule has 0 aliphatic carbocycles. The molecular formula is C12H15N3O5. The van der Waals surface area contributed by atoms with E-state index >= 15 is 0 Å². The van der Waals surface area contributed by atoms with Crippen LogP contribution in [0.4, 0.5) is 11.4 Å². The van der Waals surface area contributed by atoms with E-state index in [1.165, 1.54) is 12.4 Å². The predicted octanol–water partition coefficient (Wildman–Crippen LogP) is 1.06. The van der Waals surface area contributed by atoms with Crippen LogP contribution < -0.4 is 4.90 Å². The Morgan fingerprint density at radius 3 is 2.85 bits per heavy atom. The summed E-state index contributed by atoms with van der Waals surface area (Å²) in [6.45, 7) is 0.879. The number of anilines is 1. The molecule has 2 heterocycles. The molecule has 0 atom stereocenters. The molecule has 0 spiro atoms. The Kier molecular flexibility index (Phi) is 4.46. The number of nitrogens with zero attached hydrogens (tertiary/aromatic N) is 3. The van der Waals surface area contributed by atoms with Crippen molar-refractivity contribution in [1.82, 2.24) is 4.98 Å². The average molecular weight is 281 g/mol. The zero-order valence-corrected chi connectivity index (χ0v) is 10.8. The van der Waals surface area contributed by atoms with Crippen LogP contribution in [-0.2, 0) is 9.53 Å². The molecule has 0 bridgehead atoms. The van der Waals surface area contributed by atoms with E-state index < -0.39 is 10.9 Å². The van der Waals surface area contributed by atoms with E-state index in [0.29, 0.717) is 31.6 Å². The highest BCUT2D eigenvalue weighted by Crippen LogP contribution is 2.29. The lowest BCUT2D eigenvalue weighted by atomic mass is 10.1. The zero-order valence-electron chi connectivity index (χ0n) is 10.8. The van der Waals surface area contributed by atoms with Crippen molar-refractivity contribution in [2.45, 2.75) is 18.9 Å². The van der Waals surface area contributed by atoms with Crippen molar-refractivity contribution in [3.63, 3.8) is 0 Å². The quantitative estimate of drug-likeness (QED) is 0.635. The van der Waals surface area contributed by atoms with Crippen LogP contribution in [0, 0.1) is 10.1 Å². The monoisotopic (exact) mass is 281 g/mol. The molecule has 0 saturated carbocycles. The summed E-state index contributed by atoms with van der Waals surface area (Å²) in [6.07, 6.45) is 3.94. The molecule has 108 valence electrons. The molecule has 2 rings (SSSR count). The number of aromatic nitrogens is 1. The normalized spacial score (nSPS) is 16.1. The van der Waals surface area contributed by atoms with Crippen LogP contribution in [0.5, 0.6) is 0 Å². The van der Waals surface area contributed by atoms with Gasteiger partial charge in [0.15, 0.2) is 0 Å².